The molecule has 3 rings (SSSR count). The van der Waals surface area contributed by atoms with Crippen LogP contribution >= 0.6 is 12.4 Å². The predicted octanol–water partition coefficient (Wildman–Crippen LogP) is 3.07. The van der Waals surface area contributed by atoms with Gasteiger partial charge in [-0.05, 0) is 44.0 Å². The molecular formula is C16H21ClFN3O. The lowest BCUT2D eigenvalue weighted by atomic mass is 10.0. The number of hydrogen-bond donors (Lipinski definition) is 1. The maximum atomic E-state index is 13.2. The molecule has 1 aromatic carbocycles. The molecule has 2 N–H and O–H groups in total. The van der Waals surface area contributed by atoms with Crippen LogP contribution in [0.4, 0.5) is 4.39 Å². The van der Waals surface area contributed by atoms with Crippen molar-refractivity contribution in [2.24, 2.45) is 11.7 Å². The zero-order valence-electron chi connectivity index (χ0n) is 12.5. The van der Waals surface area contributed by atoms with Crippen molar-refractivity contribution in [1.82, 2.24) is 9.88 Å². The van der Waals surface area contributed by atoms with Crippen LogP contribution in [-0.2, 0) is 6.54 Å². The first kappa shape index (κ1) is 16.9. The molecular weight excluding hydrogens is 305 g/mol. The van der Waals surface area contributed by atoms with Crippen molar-refractivity contribution >= 4 is 12.4 Å². The Bertz CT molecular complexity index is 617. The molecule has 2 atom stereocenters. The fourth-order valence-electron chi connectivity index (χ4n) is 2.80. The summed E-state index contributed by atoms with van der Waals surface area (Å²) in [5.74, 6) is 0.735. The highest BCUT2D eigenvalue weighted by Crippen LogP contribution is 2.23. The summed E-state index contributed by atoms with van der Waals surface area (Å²) in [6, 6.07) is 6.52. The molecule has 2 heterocycles. The average Bonchev–Trinajstić information content (AvgIpc) is 3.08. The van der Waals surface area contributed by atoms with Crippen molar-refractivity contribution in [3.05, 3.63) is 42.0 Å². The molecule has 0 radical (unpaired) electrons. The molecule has 4 nitrogen and oxygen atoms in total. The Hall–Kier alpha value is -1.43. The monoisotopic (exact) mass is 325 g/mol. The summed E-state index contributed by atoms with van der Waals surface area (Å²) in [5.41, 5.74) is 7.49. The van der Waals surface area contributed by atoms with Gasteiger partial charge in [0.05, 0.1) is 5.69 Å². The second-order valence-corrected chi connectivity index (χ2v) is 5.80. The van der Waals surface area contributed by atoms with Gasteiger partial charge in [-0.25, -0.2) is 9.37 Å². The first-order valence-electron chi connectivity index (χ1n) is 7.30. The Morgan fingerprint density at radius 3 is 3.00 bits per heavy atom. The van der Waals surface area contributed by atoms with Crippen molar-refractivity contribution < 1.29 is 8.81 Å². The van der Waals surface area contributed by atoms with E-state index in [-0.39, 0.29) is 24.3 Å². The van der Waals surface area contributed by atoms with E-state index in [2.05, 4.69) is 16.8 Å². The van der Waals surface area contributed by atoms with Gasteiger partial charge in [0.2, 0.25) is 5.89 Å². The molecule has 0 aliphatic carbocycles. The molecule has 1 fully saturated rings. The second kappa shape index (κ2) is 7.22. The van der Waals surface area contributed by atoms with E-state index < -0.39 is 0 Å². The summed E-state index contributed by atoms with van der Waals surface area (Å²) in [7, 11) is 0. The van der Waals surface area contributed by atoms with Gasteiger partial charge in [0.1, 0.15) is 12.1 Å². The minimum Gasteiger partial charge on any atom is -0.444 e. The summed E-state index contributed by atoms with van der Waals surface area (Å²) < 4.78 is 18.7. The number of likely N-dealkylation sites (tertiary alicyclic amines) is 1. The molecule has 2 aromatic rings. The van der Waals surface area contributed by atoms with Crippen LogP contribution in [0, 0.1) is 11.7 Å². The molecule has 22 heavy (non-hydrogen) atoms. The number of rotatable bonds is 4. The lowest BCUT2D eigenvalue weighted by molar-refractivity contribution is 0.305. The molecule has 1 aromatic heterocycles. The summed E-state index contributed by atoms with van der Waals surface area (Å²) in [6.07, 6.45) is 2.78. The van der Waals surface area contributed by atoms with Crippen LogP contribution in [0.2, 0.25) is 0 Å². The van der Waals surface area contributed by atoms with Gasteiger partial charge in [-0.3, -0.25) is 4.90 Å². The number of halogens is 2. The third-order valence-corrected chi connectivity index (χ3v) is 4.06. The Morgan fingerprint density at radius 1 is 1.50 bits per heavy atom. The van der Waals surface area contributed by atoms with Gasteiger partial charge in [0, 0.05) is 24.7 Å². The first-order chi connectivity index (χ1) is 10.1. The highest BCUT2D eigenvalue weighted by atomic mass is 35.5. The van der Waals surface area contributed by atoms with Crippen LogP contribution in [0.5, 0.6) is 0 Å². The molecule has 0 bridgehead atoms. The van der Waals surface area contributed by atoms with Crippen LogP contribution < -0.4 is 5.73 Å². The van der Waals surface area contributed by atoms with Gasteiger partial charge in [0.15, 0.2) is 0 Å². The Kier molecular flexibility index (Phi) is 5.56. The normalized spacial score (nSPS) is 19.9. The Labute approximate surface area is 135 Å². The minimum absolute atomic E-state index is 0. The number of nitrogens with two attached hydrogens (primary N) is 1. The lowest BCUT2D eigenvalue weighted by Gasteiger charge is -2.16. The second-order valence-electron chi connectivity index (χ2n) is 5.80. The fourth-order valence-corrected chi connectivity index (χ4v) is 2.80. The van der Waals surface area contributed by atoms with Crippen molar-refractivity contribution in [3.63, 3.8) is 0 Å². The summed E-state index contributed by atoms with van der Waals surface area (Å²) >= 11 is 0. The summed E-state index contributed by atoms with van der Waals surface area (Å²) in [6.45, 7) is 4.85. The predicted molar refractivity (Wildman–Crippen MR) is 86.2 cm³/mol. The summed E-state index contributed by atoms with van der Waals surface area (Å²) in [4.78, 5) is 6.78. The third kappa shape index (κ3) is 3.85. The van der Waals surface area contributed by atoms with Crippen molar-refractivity contribution in [2.45, 2.75) is 25.9 Å². The van der Waals surface area contributed by atoms with Gasteiger partial charge < -0.3 is 10.2 Å². The van der Waals surface area contributed by atoms with Gasteiger partial charge >= 0.3 is 0 Å². The molecule has 0 spiro atoms. The highest BCUT2D eigenvalue weighted by Gasteiger charge is 2.25. The van der Waals surface area contributed by atoms with E-state index in [1.807, 2.05) is 0 Å². The van der Waals surface area contributed by atoms with E-state index in [0.29, 0.717) is 17.4 Å². The number of oxazole rings is 1. The molecule has 120 valence electrons. The number of aromatic nitrogens is 1. The van der Waals surface area contributed by atoms with Crippen LogP contribution in [0.1, 0.15) is 19.0 Å². The summed E-state index contributed by atoms with van der Waals surface area (Å²) in [5, 5.41) is 0. The zero-order chi connectivity index (χ0) is 14.8. The highest BCUT2D eigenvalue weighted by molar-refractivity contribution is 5.85. The fraction of sp³-hybridized carbons (Fsp3) is 0.438. The van der Waals surface area contributed by atoms with E-state index in [4.69, 9.17) is 10.2 Å². The van der Waals surface area contributed by atoms with Crippen molar-refractivity contribution in [1.29, 1.82) is 0 Å². The quantitative estimate of drug-likeness (QED) is 0.938. The molecule has 2 unspecified atom stereocenters. The smallest absolute Gasteiger partial charge is 0.226 e. The molecule has 1 aliphatic rings. The topological polar surface area (TPSA) is 55.3 Å². The van der Waals surface area contributed by atoms with Gasteiger partial charge in [0.25, 0.3) is 0 Å². The molecule has 0 amide bonds. The molecule has 0 saturated carbocycles. The minimum atomic E-state index is -0.286. The molecule has 6 heteroatoms. The van der Waals surface area contributed by atoms with Crippen LogP contribution in [0.15, 0.2) is 34.9 Å². The lowest BCUT2D eigenvalue weighted by Crippen LogP contribution is -2.29. The number of hydrogen-bond acceptors (Lipinski definition) is 4. The maximum Gasteiger partial charge on any atom is 0.226 e. The SMILES string of the molecule is CC(N)C1CCN(Cc2coc(-c3cccc(F)c3)n2)C1.Cl. The van der Waals surface area contributed by atoms with Crippen LogP contribution in [0.25, 0.3) is 11.5 Å². The Morgan fingerprint density at radius 2 is 2.32 bits per heavy atom. The third-order valence-electron chi connectivity index (χ3n) is 4.06. The molecule has 1 aliphatic heterocycles. The van der Waals surface area contributed by atoms with E-state index in [0.717, 1.165) is 31.7 Å². The molecule has 1 saturated heterocycles. The van der Waals surface area contributed by atoms with E-state index in [1.165, 1.54) is 12.1 Å². The average molecular weight is 326 g/mol. The van der Waals surface area contributed by atoms with Crippen LogP contribution in [-0.4, -0.2) is 29.0 Å². The first-order valence-corrected chi connectivity index (χ1v) is 7.30. The standard InChI is InChI=1S/C16H20FN3O.ClH/c1-11(18)13-5-6-20(8-13)9-15-10-21-16(19-15)12-3-2-4-14(17)7-12;/h2-4,7,10-11,13H,5-6,8-9,18H2,1H3;1H. The van der Waals surface area contributed by atoms with Crippen molar-refractivity contribution in [2.75, 3.05) is 13.1 Å². The van der Waals surface area contributed by atoms with Gasteiger partial charge in [-0.1, -0.05) is 6.07 Å². The van der Waals surface area contributed by atoms with E-state index in [1.54, 1.807) is 18.4 Å². The van der Waals surface area contributed by atoms with Crippen molar-refractivity contribution in [3.8, 4) is 11.5 Å². The number of nitrogens with zero attached hydrogens (tertiary/aromatic N) is 2. The van der Waals surface area contributed by atoms with E-state index >= 15 is 0 Å². The Balaban J connectivity index is 0.00000176. The number of benzene rings is 1. The largest absolute Gasteiger partial charge is 0.444 e. The van der Waals surface area contributed by atoms with E-state index in [9.17, 15) is 4.39 Å². The maximum absolute atomic E-state index is 13.2. The van der Waals surface area contributed by atoms with Gasteiger partial charge in [-0.2, -0.15) is 0 Å². The van der Waals surface area contributed by atoms with Gasteiger partial charge in [-0.15, -0.1) is 12.4 Å². The zero-order valence-corrected chi connectivity index (χ0v) is 13.4. The van der Waals surface area contributed by atoms with Crippen LogP contribution in [0.3, 0.4) is 0 Å².